The molecule has 1 aliphatic rings. The number of hydrogen-bond acceptors (Lipinski definition) is 3. The van der Waals surface area contributed by atoms with Gasteiger partial charge in [0.2, 0.25) is 0 Å². The third kappa shape index (κ3) is 5.45. The van der Waals surface area contributed by atoms with Crippen molar-refractivity contribution in [1.29, 1.82) is 0 Å². The number of benzene rings is 2. The van der Waals surface area contributed by atoms with Gasteiger partial charge in [0.15, 0.2) is 6.61 Å². The van der Waals surface area contributed by atoms with Crippen LogP contribution in [0.2, 0.25) is 0 Å². The van der Waals surface area contributed by atoms with Crippen LogP contribution < -0.4 is 5.32 Å². The van der Waals surface area contributed by atoms with Gasteiger partial charge in [-0.15, -0.1) is 0 Å². The summed E-state index contributed by atoms with van der Waals surface area (Å²) in [5.41, 5.74) is -5.17. The Bertz CT molecular complexity index is 1010. The van der Waals surface area contributed by atoms with Gasteiger partial charge in [-0.25, -0.2) is 4.39 Å². The van der Waals surface area contributed by atoms with E-state index in [2.05, 4.69) is 0 Å². The van der Waals surface area contributed by atoms with Gasteiger partial charge in [0, 0.05) is 11.3 Å². The minimum absolute atomic E-state index is 0.0755. The van der Waals surface area contributed by atoms with Crippen LogP contribution >= 0.6 is 0 Å². The van der Waals surface area contributed by atoms with Crippen LogP contribution in [0, 0.1) is 5.82 Å². The predicted molar refractivity (Wildman–Crippen MR) is 103 cm³/mol. The Balaban J connectivity index is 1.75. The van der Waals surface area contributed by atoms with E-state index in [1.807, 2.05) is 5.32 Å². The largest absolute Gasteiger partial charge is 0.455 e. The first-order valence-electron chi connectivity index (χ1n) is 9.84. The van der Waals surface area contributed by atoms with E-state index < -0.39 is 58.9 Å². The molecule has 2 aromatic rings. The molecule has 11 heteroatoms. The summed E-state index contributed by atoms with van der Waals surface area (Å²) >= 11 is 0. The molecule has 178 valence electrons. The minimum Gasteiger partial charge on any atom is -0.455 e. The first-order valence-corrected chi connectivity index (χ1v) is 9.84. The number of carbonyl (C=O) groups excluding carboxylic acids is 2. The van der Waals surface area contributed by atoms with Crippen LogP contribution in [0.25, 0.3) is 0 Å². The maximum atomic E-state index is 14.3. The van der Waals surface area contributed by atoms with E-state index in [1.54, 1.807) is 6.07 Å². The molecule has 0 radical (unpaired) electrons. The van der Waals surface area contributed by atoms with Gasteiger partial charge >= 0.3 is 18.3 Å². The van der Waals surface area contributed by atoms with E-state index in [0.29, 0.717) is 25.0 Å². The van der Waals surface area contributed by atoms with Crippen LogP contribution in [0.15, 0.2) is 42.5 Å². The number of nitrogens with one attached hydrogen (secondary N) is 1. The molecule has 0 spiro atoms. The zero-order valence-electron chi connectivity index (χ0n) is 16.9. The lowest BCUT2D eigenvalue weighted by Gasteiger charge is -2.27. The summed E-state index contributed by atoms with van der Waals surface area (Å²) < 4.78 is 97.1. The minimum atomic E-state index is -5.08. The highest BCUT2D eigenvalue weighted by Crippen LogP contribution is 2.43. The van der Waals surface area contributed by atoms with Crippen LogP contribution in [0.3, 0.4) is 0 Å². The van der Waals surface area contributed by atoms with Crippen molar-refractivity contribution in [2.45, 2.75) is 43.5 Å². The molecule has 1 N–H and O–H groups in total. The third-order valence-electron chi connectivity index (χ3n) is 5.44. The number of halogens is 7. The molecule has 0 aromatic heterocycles. The van der Waals surface area contributed by atoms with Crippen LogP contribution in [0.5, 0.6) is 0 Å². The van der Waals surface area contributed by atoms with E-state index >= 15 is 0 Å². The fraction of sp³-hybridized carbons (Fsp3) is 0.364. The molecular formula is C22H18F7NO3. The van der Waals surface area contributed by atoms with E-state index in [9.17, 15) is 40.3 Å². The lowest BCUT2D eigenvalue weighted by Crippen LogP contribution is -2.37. The van der Waals surface area contributed by atoms with Crippen molar-refractivity contribution >= 4 is 17.6 Å². The highest BCUT2D eigenvalue weighted by atomic mass is 19.4. The van der Waals surface area contributed by atoms with Crippen LogP contribution in [0.1, 0.15) is 42.4 Å². The molecule has 33 heavy (non-hydrogen) atoms. The molecule has 1 aliphatic carbocycles. The Labute approximate surface area is 183 Å². The second kappa shape index (κ2) is 9.03. The summed E-state index contributed by atoms with van der Waals surface area (Å²) in [5, 5.41) is 1.89. The number of rotatable bonds is 5. The number of anilines is 1. The number of esters is 1. The molecule has 0 bridgehead atoms. The van der Waals surface area contributed by atoms with Crippen LogP contribution in [-0.4, -0.2) is 18.5 Å². The number of alkyl halides is 6. The topological polar surface area (TPSA) is 55.4 Å². The molecule has 1 saturated carbocycles. The first kappa shape index (κ1) is 24.5. The van der Waals surface area contributed by atoms with Gasteiger partial charge in [-0.3, -0.25) is 9.59 Å². The quantitative estimate of drug-likeness (QED) is 0.434. The molecule has 1 fully saturated rings. The van der Waals surface area contributed by atoms with Gasteiger partial charge < -0.3 is 10.1 Å². The van der Waals surface area contributed by atoms with Gasteiger partial charge in [-0.2, -0.15) is 26.3 Å². The maximum absolute atomic E-state index is 14.3. The Hall–Kier alpha value is -3.11. The van der Waals surface area contributed by atoms with Gasteiger partial charge in [-0.05, 0) is 37.1 Å². The summed E-state index contributed by atoms with van der Waals surface area (Å²) in [4.78, 5) is 24.9. The molecule has 0 aliphatic heterocycles. The zero-order valence-corrected chi connectivity index (χ0v) is 16.9. The van der Waals surface area contributed by atoms with Crippen molar-refractivity contribution in [3.63, 3.8) is 0 Å². The summed E-state index contributed by atoms with van der Waals surface area (Å²) in [5.74, 6) is -2.65. The molecule has 1 amide bonds. The second-order valence-corrected chi connectivity index (χ2v) is 7.69. The van der Waals surface area contributed by atoms with Gasteiger partial charge in [0.05, 0.1) is 16.5 Å². The fourth-order valence-electron chi connectivity index (χ4n) is 3.90. The second-order valence-electron chi connectivity index (χ2n) is 7.69. The molecule has 0 unspecified atom stereocenters. The normalized spacial score (nSPS) is 15.8. The number of hydrogen-bond donors (Lipinski definition) is 1. The summed E-state index contributed by atoms with van der Waals surface area (Å²) in [6.07, 6.45) is -8.39. The van der Waals surface area contributed by atoms with Gasteiger partial charge in [0.1, 0.15) is 5.82 Å². The average molecular weight is 477 g/mol. The molecule has 2 aromatic carbocycles. The Morgan fingerprint density at radius 3 is 1.97 bits per heavy atom. The van der Waals surface area contributed by atoms with Crippen molar-refractivity contribution in [2.75, 3.05) is 11.9 Å². The van der Waals surface area contributed by atoms with Crippen molar-refractivity contribution in [3.05, 3.63) is 65.0 Å². The van der Waals surface area contributed by atoms with Gasteiger partial charge in [-0.1, -0.05) is 31.0 Å². The summed E-state index contributed by atoms with van der Waals surface area (Å²) in [6.45, 7) is -0.966. The Kier molecular flexibility index (Phi) is 6.71. The molecule has 4 nitrogen and oxygen atoms in total. The van der Waals surface area contributed by atoms with E-state index in [4.69, 9.17) is 4.74 Å². The van der Waals surface area contributed by atoms with E-state index in [0.717, 1.165) is 0 Å². The SMILES string of the molecule is O=C(COC(=O)C1(c2ccccc2F)CCCC1)Nc1cc(C(F)(F)F)cc(C(F)(F)F)c1. The standard InChI is InChI=1S/C22H18F7NO3/c23-17-6-2-1-5-16(17)20(7-3-4-8-20)19(32)33-12-18(31)30-15-10-13(21(24,25)26)9-14(11-15)22(27,28)29/h1-2,5-6,9-11H,3-4,7-8,12H2,(H,30,31). The molecule has 0 saturated heterocycles. The first-order chi connectivity index (χ1) is 15.3. The number of carbonyl (C=O) groups is 2. The highest BCUT2D eigenvalue weighted by molar-refractivity contribution is 5.94. The zero-order chi connectivity index (χ0) is 24.4. The monoisotopic (exact) mass is 477 g/mol. The fourth-order valence-corrected chi connectivity index (χ4v) is 3.90. The highest BCUT2D eigenvalue weighted by Gasteiger charge is 2.46. The lowest BCUT2D eigenvalue weighted by atomic mass is 9.78. The van der Waals surface area contributed by atoms with Crippen LogP contribution in [0.4, 0.5) is 36.4 Å². The van der Waals surface area contributed by atoms with Gasteiger partial charge in [0.25, 0.3) is 5.91 Å². The predicted octanol–water partition coefficient (Wildman–Crippen LogP) is 5.86. The smallest absolute Gasteiger partial charge is 0.416 e. The molecule has 0 atom stereocenters. The number of amides is 1. The maximum Gasteiger partial charge on any atom is 0.416 e. The Morgan fingerprint density at radius 1 is 0.909 bits per heavy atom. The van der Waals surface area contributed by atoms with Crippen molar-refractivity contribution in [1.82, 2.24) is 0 Å². The van der Waals surface area contributed by atoms with Crippen LogP contribution in [-0.2, 0) is 32.1 Å². The average Bonchev–Trinajstić information content (AvgIpc) is 3.22. The van der Waals surface area contributed by atoms with E-state index in [1.165, 1.54) is 18.2 Å². The molecule has 3 rings (SSSR count). The molecular weight excluding hydrogens is 459 g/mol. The number of ether oxygens (including phenoxy) is 1. The van der Waals surface area contributed by atoms with Crippen molar-refractivity contribution in [3.8, 4) is 0 Å². The van der Waals surface area contributed by atoms with E-state index in [-0.39, 0.29) is 24.5 Å². The third-order valence-corrected chi connectivity index (χ3v) is 5.44. The van der Waals surface area contributed by atoms with Crippen molar-refractivity contribution < 1.29 is 45.1 Å². The molecule has 0 heterocycles. The lowest BCUT2D eigenvalue weighted by molar-refractivity contribution is -0.153. The van der Waals surface area contributed by atoms with Crippen molar-refractivity contribution in [2.24, 2.45) is 0 Å². The Morgan fingerprint density at radius 2 is 1.45 bits per heavy atom. The summed E-state index contributed by atoms with van der Waals surface area (Å²) in [6, 6.07) is 6.22. The summed E-state index contributed by atoms with van der Waals surface area (Å²) in [7, 11) is 0.